The molecule has 2 N–H and O–H groups in total. The molecule has 2 aromatic heterocycles. The highest BCUT2D eigenvalue weighted by Crippen LogP contribution is 2.25. The van der Waals surface area contributed by atoms with E-state index >= 15 is 0 Å². The number of nitrogens with zero attached hydrogens (tertiary/aromatic N) is 2. The Kier molecular flexibility index (Phi) is 5.79. The maximum atomic E-state index is 12.6. The van der Waals surface area contributed by atoms with E-state index in [-0.39, 0.29) is 11.6 Å². The fourth-order valence-electron chi connectivity index (χ4n) is 3.43. The molecule has 0 spiro atoms. The van der Waals surface area contributed by atoms with Crippen LogP contribution in [0, 0.1) is 0 Å². The van der Waals surface area contributed by atoms with Gasteiger partial charge in [0.15, 0.2) is 0 Å². The molecule has 4 rings (SSSR count). The van der Waals surface area contributed by atoms with Crippen molar-refractivity contribution in [3.63, 3.8) is 0 Å². The highest BCUT2D eigenvalue weighted by molar-refractivity contribution is 6.35. The van der Waals surface area contributed by atoms with Crippen molar-refractivity contribution in [3.05, 3.63) is 87.3 Å². The molecule has 7 heteroatoms. The fraction of sp³-hybridized carbons (Fsp3) is 0.174. The summed E-state index contributed by atoms with van der Waals surface area (Å²) in [6.07, 6.45) is 1.70. The highest BCUT2D eigenvalue weighted by Gasteiger charge is 2.14. The zero-order chi connectivity index (χ0) is 21.1. The zero-order valence-electron chi connectivity index (χ0n) is 16.6. The molecule has 0 saturated carbocycles. The second kappa shape index (κ2) is 8.65. The lowest BCUT2D eigenvalue weighted by Crippen LogP contribution is -2.20. The Hall–Kier alpha value is -3.22. The average molecular weight is 421 g/mol. The van der Waals surface area contributed by atoms with Crippen molar-refractivity contribution in [1.29, 1.82) is 0 Å². The molecule has 0 aliphatic rings. The van der Waals surface area contributed by atoms with Gasteiger partial charge >= 0.3 is 0 Å². The lowest BCUT2D eigenvalue weighted by Gasteiger charge is -2.15. The quantitative estimate of drug-likeness (QED) is 0.461. The molecule has 2 heterocycles. The molecule has 0 aliphatic heterocycles. The maximum absolute atomic E-state index is 12.6. The van der Waals surface area contributed by atoms with Crippen molar-refractivity contribution in [2.45, 2.75) is 19.6 Å². The second-order valence-corrected chi connectivity index (χ2v) is 7.39. The van der Waals surface area contributed by atoms with Gasteiger partial charge in [0.25, 0.3) is 5.56 Å². The fourth-order valence-corrected chi connectivity index (χ4v) is 3.66. The summed E-state index contributed by atoms with van der Waals surface area (Å²) >= 11 is 6.19. The molecule has 0 aliphatic carbocycles. The Bertz CT molecular complexity index is 1260. The summed E-state index contributed by atoms with van der Waals surface area (Å²) in [4.78, 5) is 24.5. The predicted molar refractivity (Wildman–Crippen MR) is 120 cm³/mol. The molecule has 30 heavy (non-hydrogen) atoms. The van der Waals surface area contributed by atoms with Gasteiger partial charge in [0, 0.05) is 29.8 Å². The minimum Gasteiger partial charge on any atom is -0.380 e. The van der Waals surface area contributed by atoms with Gasteiger partial charge in [-0.15, -0.1) is 0 Å². The smallest absolute Gasteiger partial charge is 0.253 e. The molecule has 0 unspecified atom stereocenters. The number of aromatic amines is 1. The van der Waals surface area contributed by atoms with Crippen LogP contribution in [0.3, 0.4) is 0 Å². The molecule has 1 atom stereocenters. The summed E-state index contributed by atoms with van der Waals surface area (Å²) in [6, 6.07) is 16.9. The Balaban J connectivity index is 1.64. The minimum atomic E-state index is -0.304. The molecular formula is C23H21ClN4O2. The van der Waals surface area contributed by atoms with Crippen LogP contribution in [0.15, 0.2) is 65.6 Å². The molecular weight excluding hydrogens is 400 g/mol. The van der Waals surface area contributed by atoms with Crippen LogP contribution in [0.2, 0.25) is 5.02 Å². The first-order valence-corrected chi connectivity index (χ1v) is 9.93. The van der Waals surface area contributed by atoms with Crippen molar-refractivity contribution in [2.75, 3.05) is 12.4 Å². The van der Waals surface area contributed by atoms with E-state index in [1.165, 1.54) is 0 Å². The van der Waals surface area contributed by atoms with Gasteiger partial charge in [-0.2, -0.15) is 0 Å². The van der Waals surface area contributed by atoms with Crippen LogP contribution >= 0.6 is 11.6 Å². The molecule has 0 bridgehead atoms. The monoisotopic (exact) mass is 420 g/mol. The van der Waals surface area contributed by atoms with E-state index in [2.05, 4.69) is 20.3 Å². The molecule has 0 saturated heterocycles. The van der Waals surface area contributed by atoms with Crippen molar-refractivity contribution >= 4 is 28.5 Å². The average Bonchev–Trinajstić information content (AvgIpc) is 2.75. The molecule has 6 nitrogen and oxygen atoms in total. The second-order valence-electron chi connectivity index (χ2n) is 6.98. The van der Waals surface area contributed by atoms with Crippen LogP contribution in [0.1, 0.15) is 24.1 Å². The van der Waals surface area contributed by atoms with E-state index < -0.39 is 0 Å². The number of rotatable bonds is 6. The number of aromatic nitrogens is 3. The Labute approximate surface area is 178 Å². The van der Waals surface area contributed by atoms with E-state index in [9.17, 15) is 4.79 Å². The molecule has 0 amide bonds. The lowest BCUT2D eigenvalue weighted by molar-refractivity contribution is 0.185. The van der Waals surface area contributed by atoms with Gasteiger partial charge in [0.05, 0.1) is 28.9 Å². The Morgan fingerprint density at radius 2 is 2.00 bits per heavy atom. The summed E-state index contributed by atoms with van der Waals surface area (Å²) in [6.45, 7) is 2.39. The van der Waals surface area contributed by atoms with Gasteiger partial charge in [-0.25, -0.2) is 9.97 Å². The number of fused-ring (bicyclic) bond motifs is 1. The van der Waals surface area contributed by atoms with Gasteiger partial charge in [-0.1, -0.05) is 48.0 Å². The molecule has 152 valence electrons. The number of nitrogens with one attached hydrogen (secondary N) is 2. The summed E-state index contributed by atoms with van der Waals surface area (Å²) < 4.78 is 5.29. The normalized spacial score (nSPS) is 12.1. The minimum absolute atomic E-state index is 0.197. The summed E-state index contributed by atoms with van der Waals surface area (Å²) in [5.41, 5.74) is 3.83. The Morgan fingerprint density at radius 1 is 1.17 bits per heavy atom. The van der Waals surface area contributed by atoms with Crippen molar-refractivity contribution in [3.8, 4) is 11.3 Å². The standard InChI is InChI=1S/C23H21ClN4O2/c1-14(18-12-15-7-5-9-19(24)21(15)28-22(18)29)26-23-25-11-10-20(27-23)17-8-4-3-6-16(17)13-30-2/h3-12,14H,13H2,1-2H3,(H,28,29)(H,25,26,27)/t14-/m0/s1. The van der Waals surface area contributed by atoms with E-state index in [1.807, 2.05) is 55.5 Å². The Morgan fingerprint density at radius 3 is 2.83 bits per heavy atom. The first-order chi connectivity index (χ1) is 14.6. The van der Waals surface area contributed by atoms with Gasteiger partial charge in [-0.05, 0) is 30.7 Å². The molecule has 2 aromatic carbocycles. The predicted octanol–water partition coefficient (Wildman–Crippen LogP) is 4.96. The maximum Gasteiger partial charge on any atom is 0.253 e. The molecule has 0 fully saturated rings. The third kappa shape index (κ3) is 4.06. The third-order valence-electron chi connectivity index (χ3n) is 4.92. The van der Waals surface area contributed by atoms with Crippen LogP contribution < -0.4 is 10.9 Å². The van der Waals surface area contributed by atoms with Crippen LogP contribution in [0.4, 0.5) is 5.95 Å². The van der Waals surface area contributed by atoms with Crippen LogP contribution in [0.25, 0.3) is 22.2 Å². The number of methoxy groups -OCH3 is 1. The van der Waals surface area contributed by atoms with Gasteiger partial charge in [0.2, 0.25) is 5.95 Å². The highest BCUT2D eigenvalue weighted by atomic mass is 35.5. The number of benzene rings is 2. The van der Waals surface area contributed by atoms with Gasteiger partial charge < -0.3 is 15.0 Å². The first kappa shape index (κ1) is 20.1. The van der Waals surface area contributed by atoms with Crippen molar-refractivity contribution in [2.24, 2.45) is 0 Å². The topological polar surface area (TPSA) is 79.9 Å². The number of anilines is 1. The van der Waals surface area contributed by atoms with Crippen LogP contribution in [-0.4, -0.2) is 22.1 Å². The first-order valence-electron chi connectivity index (χ1n) is 9.55. The van der Waals surface area contributed by atoms with E-state index in [0.717, 1.165) is 22.2 Å². The van der Waals surface area contributed by atoms with E-state index in [4.69, 9.17) is 16.3 Å². The lowest BCUT2D eigenvalue weighted by atomic mass is 10.1. The number of hydrogen-bond acceptors (Lipinski definition) is 5. The summed E-state index contributed by atoms with van der Waals surface area (Å²) in [5.74, 6) is 0.442. The SMILES string of the molecule is COCc1ccccc1-c1ccnc(N[C@@H](C)c2cc3cccc(Cl)c3[nH]c2=O)n1. The van der Waals surface area contributed by atoms with Crippen molar-refractivity contribution < 1.29 is 4.74 Å². The summed E-state index contributed by atoms with van der Waals surface area (Å²) in [5, 5.41) is 4.62. The molecule has 4 aromatic rings. The number of halogens is 1. The van der Waals surface area contributed by atoms with Crippen molar-refractivity contribution in [1.82, 2.24) is 15.0 Å². The zero-order valence-corrected chi connectivity index (χ0v) is 17.4. The van der Waals surface area contributed by atoms with Crippen LogP contribution in [-0.2, 0) is 11.3 Å². The van der Waals surface area contributed by atoms with Gasteiger partial charge in [0.1, 0.15) is 0 Å². The van der Waals surface area contributed by atoms with E-state index in [0.29, 0.717) is 28.7 Å². The number of H-pyrrole nitrogens is 1. The summed E-state index contributed by atoms with van der Waals surface area (Å²) in [7, 11) is 1.67. The number of pyridine rings is 1. The van der Waals surface area contributed by atoms with Crippen LogP contribution in [0.5, 0.6) is 0 Å². The largest absolute Gasteiger partial charge is 0.380 e. The van der Waals surface area contributed by atoms with Gasteiger partial charge in [-0.3, -0.25) is 4.79 Å². The number of hydrogen-bond donors (Lipinski definition) is 2. The molecule has 0 radical (unpaired) electrons. The number of para-hydroxylation sites is 1. The third-order valence-corrected chi connectivity index (χ3v) is 5.23. The van der Waals surface area contributed by atoms with E-state index in [1.54, 1.807) is 19.4 Å². The number of ether oxygens (including phenoxy) is 1.